The number of hydrogen-bond acceptors (Lipinski definition) is 2. The van der Waals surface area contributed by atoms with Crippen molar-refractivity contribution in [3.63, 3.8) is 0 Å². The lowest BCUT2D eigenvalue weighted by atomic mass is 10.0. The Kier molecular flexibility index (Phi) is 5.02. The lowest BCUT2D eigenvalue weighted by Crippen LogP contribution is -2.24. The van der Waals surface area contributed by atoms with Crippen LogP contribution in [0.2, 0.25) is 5.02 Å². The van der Waals surface area contributed by atoms with E-state index in [0.717, 1.165) is 17.4 Å². The van der Waals surface area contributed by atoms with Gasteiger partial charge in [-0.3, -0.25) is 0 Å². The van der Waals surface area contributed by atoms with Crippen LogP contribution in [0.1, 0.15) is 30.7 Å². The summed E-state index contributed by atoms with van der Waals surface area (Å²) in [5.74, 6) is 0.282. The molecule has 0 bridgehead atoms. The summed E-state index contributed by atoms with van der Waals surface area (Å²) in [7, 11) is 0. The SMILES string of the molecule is CCCNC(c1occc1Br)c1c(F)cccc1Cl. The minimum absolute atomic E-state index is 0.343. The first-order valence-corrected chi connectivity index (χ1v) is 7.22. The molecule has 19 heavy (non-hydrogen) atoms. The molecule has 0 amide bonds. The summed E-state index contributed by atoms with van der Waals surface area (Å²) in [6.07, 6.45) is 2.50. The normalized spacial score (nSPS) is 12.6. The van der Waals surface area contributed by atoms with E-state index in [4.69, 9.17) is 16.0 Å². The van der Waals surface area contributed by atoms with E-state index in [9.17, 15) is 4.39 Å². The highest BCUT2D eigenvalue weighted by atomic mass is 79.9. The third-order valence-corrected chi connectivity index (χ3v) is 3.78. The largest absolute Gasteiger partial charge is 0.466 e. The van der Waals surface area contributed by atoms with Crippen LogP contribution < -0.4 is 5.32 Å². The van der Waals surface area contributed by atoms with E-state index in [1.165, 1.54) is 6.07 Å². The minimum Gasteiger partial charge on any atom is -0.466 e. The van der Waals surface area contributed by atoms with E-state index in [0.29, 0.717) is 16.3 Å². The van der Waals surface area contributed by atoms with Crippen LogP contribution in [0.25, 0.3) is 0 Å². The molecule has 0 aliphatic carbocycles. The zero-order valence-corrected chi connectivity index (χ0v) is 12.8. The Morgan fingerprint density at radius 2 is 2.21 bits per heavy atom. The number of benzene rings is 1. The second-order valence-corrected chi connectivity index (χ2v) is 5.42. The average Bonchev–Trinajstić information content (AvgIpc) is 2.79. The van der Waals surface area contributed by atoms with Crippen molar-refractivity contribution in [2.75, 3.05) is 6.54 Å². The Morgan fingerprint density at radius 3 is 2.79 bits per heavy atom. The highest BCUT2D eigenvalue weighted by molar-refractivity contribution is 9.10. The third kappa shape index (κ3) is 3.19. The zero-order chi connectivity index (χ0) is 13.8. The molecule has 2 nitrogen and oxygen atoms in total. The van der Waals surface area contributed by atoms with Crippen molar-refractivity contribution in [2.45, 2.75) is 19.4 Å². The molecule has 0 fully saturated rings. The van der Waals surface area contributed by atoms with E-state index in [2.05, 4.69) is 21.2 Å². The van der Waals surface area contributed by atoms with Crippen molar-refractivity contribution in [1.82, 2.24) is 5.32 Å². The van der Waals surface area contributed by atoms with Gasteiger partial charge in [-0.2, -0.15) is 0 Å². The summed E-state index contributed by atoms with van der Waals surface area (Å²) in [5.41, 5.74) is 0.410. The molecular formula is C14H14BrClFNO. The maximum Gasteiger partial charge on any atom is 0.139 e. The van der Waals surface area contributed by atoms with Gasteiger partial charge < -0.3 is 9.73 Å². The van der Waals surface area contributed by atoms with Gasteiger partial charge in [0.25, 0.3) is 0 Å². The Balaban J connectivity index is 2.46. The average molecular weight is 347 g/mol. The summed E-state index contributed by atoms with van der Waals surface area (Å²) in [6, 6.07) is 6.05. The summed E-state index contributed by atoms with van der Waals surface area (Å²) in [5, 5.41) is 3.65. The van der Waals surface area contributed by atoms with E-state index in [1.807, 2.05) is 6.92 Å². The van der Waals surface area contributed by atoms with Gasteiger partial charge in [0.15, 0.2) is 0 Å². The molecule has 1 atom stereocenters. The number of furan rings is 1. The summed E-state index contributed by atoms with van der Waals surface area (Å²) in [4.78, 5) is 0. The number of hydrogen-bond donors (Lipinski definition) is 1. The van der Waals surface area contributed by atoms with Crippen molar-refractivity contribution >= 4 is 27.5 Å². The van der Waals surface area contributed by atoms with Crippen LogP contribution in [0.5, 0.6) is 0 Å². The van der Waals surface area contributed by atoms with Crippen molar-refractivity contribution in [1.29, 1.82) is 0 Å². The van der Waals surface area contributed by atoms with Crippen LogP contribution >= 0.6 is 27.5 Å². The molecule has 0 aliphatic heterocycles. The molecule has 5 heteroatoms. The molecule has 0 spiro atoms. The minimum atomic E-state index is -0.405. The van der Waals surface area contributed by atoms with Gasteiger partial charge in [-0.25, -0.2) is 4.39 Å². The smallest absolute Gasteiger partial charge is 0.139 e. The Labute approximate surface area is 125 Å². The van der Waals surface area contributed by atoms with E-state index in [1.54, 1.807) is 24.5 Å². The Bertz CT molecular complexity index is 538. The van der Waals surface area contributed by atoms with Gasteiger partial charge in [0, 0.05) is 10.6 Å². The fourth-order valence-corrected chi connectivity index (χ4v) is 2.61. The van der Waals surface area contributed by atoms with E-state index >= 15 is 0 Å². The second kappa shape index (κ2) is 6.55. The van der Waals surface area contributed by atoms with Crippen molar-refractivity contribution in [3.8, 4) is 0 Å². The van der Waals surface area contributed by atoms with Gasteiger partial charge in [0.1, 0.15) is 11.6 Å². The summed E-state index contributed by atoms with van der Waals surface area (Å²) < 4.78 is 20.3. The predicted molar refractivity (Wildman–Crippen MR) is 78.0 cm³/mol. The molecule has 2 rings (SSSR count). The fourth-order valence-electron chi connectivity index (χ4n) is 1.91. The van der Waals surface area contributed by atoms with Crippen LogP contribution in [-0.4, -0.2) is 6.54 Å². The maximum atomic E-state index is 14.1. The quantitative estimate of drug-likeness (QED) is 0.831. The number of nitrogens with one attached hydrogen (secondary N) is 1. The van der Waals surface area contributed by atoms with Crippen LogP contribution in [0.3, 0.4) is 0 Å². The summed E-state index contributed by atoms with van der Waals surface area (Å²) in [6.45, 7) is 2.78. The molecule has 0 saturated carbocycles. The lowest BCUT2D eigenvalue weighted by Gasteiger charge is -2.19. The number of rotatable bonds is 5. The van der Waals surface area contributed by atoms with E-state index < -0.39 is 6.04 Å². The summed E-state index contributed by atoms with van der Waals surface area (Å²) >= 11 is 9.54. The third-order valence-electron chi connectivity index (χ3n) is 2.79. The molecule has 1 unspecified atom stereocenters. The second-order valence-electron chi connectivity index (χ2n) is 4.16. The van der Waals surface area contributed by atoms with Crippen molar-refractivity contribution in [2.24, 2.45) is 0 Å². The highest BCUT2D eigenvalue weighted by Crippen LogP contribution is 2.34. The molecule has 0 aliphatic rings. The first kappa shape index (κ1) is 14.6. The molecule has 1 heterocycles. The first-order chi connectivity index (χ1) is 9.15. The molecule has 2 aromatic rings. The van der Waals surface area contributed by atoms with E-state index in [-0.39, 0.29) is 5.82 Å². The molecule has 1 aromatic heterocycles. The highest BCUT2D eigenvalue weighted by Gasteiger charge is 2.24. The van der Waals surface area contributed by atoms with Gasteiger partial charge in [-0.05, 0) is 47.1 Å². The van der Waals surface area contributed by atoms with Crippen LogP contribution in [0.4, 0.5) is 4.39 Å². The predicted octanol–water partition coefficient (Wildman–Crippen LogP) is 4.92. The monoisotopic (exact) mass is 345 g/mol. The van der Waals surface area contributed by atoms with Gasteiger partial charge in [-0.1, -0.05) is 24.6 Å². The number of halogens is 3. The van der Waals surface area contributed by atoms with Crippen molar-refractivity contribution in [3.05, 3.63) is 57.2 Å². The molecule has 1 aromatic carbocycles. The van der Waals surface area contributed by atoms with Gasteiger partial charge in [0.2, 0.25) is 0 Å². The van der Waals surface area contributed by atoms with Crippen LogP contribution in [0.15, 0.2) is 39.4 Å². The van der Waals surface area contributed by atoms with Gasteiger partial charge >= 0.3 is 0 Å². The van der Waals surface area contributed by atoms with Gasteiger partial charge in [-0.15, -0.1) is 0 Å². The van der Waals surface area contributed by atoms with Crippen molar-refractivity contribution < 1.29 is 8.81 Å². The van der Waals surface area contributed by atoms with Crippen LogP contribution in [0, 0.1) is 5.82 Å². The Hall–Kier alpha value is -0.840. The Morgan fingerprint density at radius 1 is 1.42 bits per heavy atom. The molecule has 0 saturated heterocycles. The van der Waals surface area contributed by atoms with Gasteiger partial charge in [0.05, 0.1) is 16.8 Å². The molecular weight excluding hydrogens is 333 g/mol. The first-order valence-electron chi connectivity index (χ1n) is 6.05. The van der Waals surface area contributed by atoms with Crippen LogP contribution in [-0.2, 0) is 0 Å². The zero-order valence-electron chi connectivity index (χ0n) is 10.4. The standard InChI is InChI=1S/C14H14BrClFNO/c1-2-7-18-13(14-9(15)6-8-19-14)12-10(16)4-3-5-11(12)17/h3-6,8,13,18H,2,7H2,1H3. The lowest BCUT2D eigenvalue weighted by molar-refractivity contribution is 0.434. The molecule has 1 N–H and O–H groups in total. The molecule has 0 radical (unpaired) electrons. The topological polar surface area (TPSA) is 25.2 Å². The fraction of sp³-hybridized carbons (Fsp3) is 0.286. The maximum absolute atomic E-state index is 14.1. The molecule has 102 valence electrons.